The Hall–Kier alpha value is -2.23. The monoisotopic (exact) mass is 259 g/mol. The molecule has 2 aromatic rings. The Morgan fingerprint density at radius 3 is 2.84 bits per heavy atom. The van der Waals surface area contributed by atoms with E-state index in [-0.39, 0.29) is 5.97 Å². The second kappa shape index (κ2) is 5.61. The van der Waals surface area contributed by atoms with Crippen molar-refractivity contribution in [1.82, 2.24) is 0 Å². The van der Waals surface area contributed by atoms with Gasteiger partial charge in [-0.3, -0.25) is 0 Å². The smallest absolute Gasteiger partial charge is 0.341 e. The Morgan fingerprint density at radius 1 is 1.32 bits per heavy atom. The van der Waals surface area contributed by atoms with Gasteiger partial charge in [-0.25, -0.2) is 4.79 Å². The Labute approximate surface area is 112 Å². The van der Waals surface area contributed by atoms with E-state index in [1.807, 2.05) is 13.8 Å². The van der Waals surface area contributed by atoms with Gasteiger partial charge < -0.3 is 14.5 Å². The molecule has 0 aliphatic carbocycles. The minimum absolute atomic E-state index is 0.387. The number of hydrogen-bond acceptors (Lipinski definition) is 4. The first-order valence-electron chi connectivity index (χ1n) is 6.07. The van der Waals surface area contributed by atoms with E-state index in [1.165, 1.54) is 24.5 Å². The molecule has 0 aliphatic heterocycles. The van der Waals surface area contributed by atoms with Gasteiger partial charge in [0.05, 0.1) is 19.2 Å². The zero-order valence-electron chi connectivity index (χ0n) is 11.3. The van der Waals surface area contributed by atoms with Crippen LogP contribution in [0.2, 0.25) is 0 Å². The van der Waals surface area contributed by atoms with Crippen molar-refractivity contribution in [2.24, 2.45) is 0 Å². The average molecular weight is 259 g/mol. The summed E-state index contributed by atoms with van der Waals surface area (Å²) in [5.74, 6) is 0.308. The van der Waals surface area contributed by atoms with Gasteiger partial charge in [-0.1, -0.05) is 12.1 Å². The van der Waals surface area contributed by atoms with Gasteiger partial charge in [-0.15, -0.1) is 0 Å². The average Bonchev–Trinajstić information content (AvgIpc) is 2.88. The molecular weight excluding hydrogens is 242 g/mol. The van der Waals surface area contributed by atoms with Gasteiger partial charge in [0.15, 0.2) is 0 Å². The van der Waals surface area contributed by atoms with Gasteiger partial charge in [0.25, 0.3) is 0 Å². The molecule has 19 heavy (non-hydrogen) atoms. The fourth-order valence-corrected chi connectivity index (χ4v) is 1.81. The second-order valence-corrected chi connectivity index (χ2v) is 4.47. The first kappa shape index (κ1) is 13.2. The van der Waals surface area contributed by atoms with E-state index in [0.717, 1.165) is 5.69 Å². The van der Waals surface area contributed by atoms with E-state index >= 15 is 0 Å². The number of benzene rings is 1. The second-order valence-electron chi connectivity index (χ2n) is 4.47. The molecule has 2 rings (SSSR count). The Bertz CT molecular complexity index is 587. The maximum atomic E-state index is 11.3. The van der Waals surface area contributed by atoms with E-state index in [4.69, 9.17) is 4.42 Å². The van der Waals surface area contributed by atoms with Crippen LogP contribution in [0.3, 0.4) is 0 Å². The number of aryl methyl sites for hydroxylation is 2. The lowest BCUT2D eigenvalue weighted by molar-refractivity contribution is 0.0600. The fraction of sp³-hybridized carbons (Fsp3) is 0.267. The highest BCUT2D eigenvalue weighted by Crippen LogP contribution is 2.18. The summed E-state index contributed by atoms with van der Waals surface area (Å²) in [5, 5.41) is 3.29. The minimum Gasteiger partial charge on any atom is -0.467 e. The van der Waals surface area contributed by atoms with Crippen molar-refractivity contribution >= 4 is 11.7 Å². The van der Waals surface area contributed by atoms with Crippen LogP contribution in [0.15, 0.2) is 34.9 Å². The molecule has 0 unspecified atom stereocenters. The number of ether oxygens (including phenoxy) is 1. The van der Waals surface area contributed by atoms with Crippen molar-refractivity contribution < 1.29 is 13.9 Å². The van der Waals surface area contributed by atoms with Crippen LogP contribution in [0.5, 0.6) is 0 Å². The molecule has 1 aromatic heterocycles. The van der Waals surface area contributed by atoms with Crippen LogP contribution >= 0.6 is 0 Å². The summed E-state index contributed by atoms with van der Waals surface area (Å²) in [6.07, 6.45) is 1.41. The molecule has 4 heteroatoms. The van der Waals surface area contributed by atoms with E-state index in [2.05, 4.69) is 28.3 Å². The third-order valence-corrected chi connectivity index (χ3v) is 2.92. The summed E-state index contributed by atoms with van der Waals surface area (Å²) in [7, 11) is 1.35. The highest BCUT2D eigenvalue weighted by Gasteiger charge is 2.10. The molecule has 1 aromatic carbocycles. The maximum absolute atomic E-state index is 11.3. The maximum Gasteiger partial charge on any atom is 0.341 e. The number of nitrogens with one attached hydrogen (secondary N) is 1. The van der Waals surface area contributed by atoms with Crippen LogP contribution in [-0.2, 0) is 11.3 Å². The topological polar surface area (TPSA) is 51.5 Å². The van der Waals surface area contributed by atoms with E-state index in [1.54, 1.807) is 6.07 Å². The number of carbonyl (C=O) groups is 1. The van der Waals surface area contributed by atoms with Crippen LogP contribution in [-0.4, -0.2) is 13.1 Å². The zero-order valence-corrected chi connectivity index (χ0v) is 11.3. The predicted octanol–water partition coefficient (Wildman–Crippen LogP) is 3.30. The summed E-state index contributed by atoms with van der Waals surface area (Å²) in [5.41, 5.74) is 3.87. The normalized spacial score (nSPS) is 10.3. The number of carbonyl (C=O) groups excluding carboxylic acids is 1. The SMILES string of the molecule is COC(=O)c1coc(CNc2cc(C)ccc2C)c1. The quantitative estimate of drug-likeness (QED) is 0.856. The van der Waals surface area contributed by atoms with Crippen molar-refractivity contribution in [3.63, 3.8) is 0 Å². The van der Waals surface area contributed by atoms with Gasteiger partial charge in [0.1, 0.15) is 12.0 Å². The summed E-state index contributed by atoms with van der Waals surface area (Å²) in [4.78, 5) is 11.3. The standard InChI is InChI=1S/C15H17NO3/c1-10-4-5-11(2)14(6-10)16-8-13-7-12(9-19-13)15(17)18-3/h4-7,9,16H,8H2,1-3H3. The van der Waals surface area contributed by atoms with Crippen LogP contribution in [0.4, 0.5) is 5.69 Å². The van der Waals surface area contributed by atoms with Gasteiger partial charge in [0, 0.05) is 5.69 Å². The first-order valence-corrected chi connectivity index (χ1v) is 6.07. The lowest BCUT2D eigenvalue weighted by Crippen LogP contribution is -2.01. The number of rotatable bonds is 4. The van der Waals surface area contributed by atoms with E-state index in [9.17, 15) is 4.79 Å². The molecule has 0 aliphatic rings. The van der Waals surface area contributed by atoms with Crippen molar-refractivity contribution in [2.45, 2.75) is 20.4 Å². The van der Waals surface area contributed by atoms with Crippen LogP contribution < -0.4 is 5.32 Å². The molecule has 0 amide bonds. The molecule has 0 radical (unpaired) electrons. The summed E-state index contributed by atoms with van der Waals surface area (Å²) >= 11 is 0. The molecule has 0 saturated heterocycles. The number of esters is 1. The molecule has 1 heterocycles. The van der Waals surface area contributed by atoms with Crippen molar-refractivity contribution in [3.8, 4) is 0 Å². The van der Waals surface area contributed by atoms with Gasteiger partial charge >= 0.3 is 5.97 Å². The molecule has 100 valence electrons. The summed E-state index contributed by atoms with van der Waals surface area (Å²) < 4.78 is 9.94. The minimum atomic E-state index is -0.387. The third kappa shape index (κ3) is 3.16. The van der Waals surface area contributed by atoms with Crippen molar-refractivity contribution in [1.29, 1.82) is 0 Å². The van der Waals surface area contributed by atoms with E-state index < -0.39 is 0 Å². The Morgan fingerprint density at radius 2 is 2.11 bits per heavy atom. The van der Waals surface area contributed by atoms with Crippen LogP contribution in [0, 0.1) is 13.8 Å². The van der Waals surface area contributed by atoms with Crippen molar-refractivity contribution in [3.05, 3.63) is 53.0 Å². The molecule has 0 bridgehead atoms. The molecule has 0 fully saturated rings. The Kier molecular flexibility index (Phi) is 3.90. The zero-order chi connectivity index (χ0) is 13.8. The fourth-order valence-electron chi connectivity index (χ4n) is 1.81. The molecule has 0 spiro atoms. The number of methoxy groups -OCH3 is 1. The summed E-state index contributed by atoms with van der Waals surface area (Å²) in [6, 6.07) is 7.91. The number of furan rings is 1. The van der Waals surface area contributed by atoms with Crippen LogP contribution in [0.25, 0.3) is 0 Å². The molecule has 0 atom stereocenters. The predicted molar refractivity (Wildman–Crippen MR) is 73.3 cm³/mol. The lowest BCUT2D eigenvalue weighted by Gasteiger charge is -2.08. The van der Waals surface area contributed by atoms with Crippen LogP contribution in [0.1, 0.15) is 27.2 Å². The van der Waals surface area contributed by atoms with Crippen molar-refractivity contribution in [2.75, 3.05) is 12.4 Å². The van der Waals surface area contributed by atoms with E-state index in [0.29, 0.717) is 17.9 Å². The lowest BCUT2D eigenvalue weighted by atomic mass is 10.1. The van der Waals surface area contributed by atoms with Gasteiger partial charge in [-0.05, 0) is 37.1 Å². The molecule has 0 saturated carbocycles. The number of anilines is 1. The number of hydrogen-bond donors (Lipinski definition) is 1. The highest BCUT2D eigenvalue weighted by atomic mass is 16.5. The van der Waals surface area contributed by atoms with Gasteiger partial charge in [-0.2, -0.15) is 0 Å². The molecule has 1 N–H and O–H groups in total. The molecular formula is C15H17NO3. The Balaban J connectivity index is 2.04. The summed E-state index contributed by atoms with van der Waals surface area (Å²) in [6.45, 7) is 4.62. The largest absolute Gasteiger partial charge is 0.467 e. The third-order valence-electron chi connectivity index (χ3n) is 2.92. The van der Waals surface area contributed by atoms with Gasteiger partial charge in [0.2, 0.25) is 0 Å². The highest BCUT2D eigenvalue weighted by molar-refractivity contribution is 5.89. The molecule has 4 nitrogen and oxygen atoms in total. The first-order chi connectivity index (χ1) is 9.10.